The van der Waals surface area contributed by atoms with Crippen LogP contribution in [0.15, 0.2) is 12.1 Å². The van der Waals surface area contributed by atoms with Gasteiger partial charge in [0.15, 0.2) is 6.29 Å². The minimum Gasteiger partial charge on any atom is -0.369 e. The van der Waals surface area contributed by atoms with Crippen LogP contribution in [-0.2, 0) is 14.2 Å². The van der Waals surface area contributed by atoms with Crippen molar-refractivity contribution in [2.24, 2.45) is 0 Å². The smallest absolute Gasteiger partial charge is 0.369 e. The highest BCUT2D eigenvalue weighted by Crippen LogP contribution is 2.30. The third kappa shape index (κ3) is 3.18. The number of thiophene rings is 1. The van der Waals surface area contributed by atoms with Gasteiger partial charge in [0.25, 0.3) is 0 Å². The fraction of sp³-hybridized carbons (Fsp3) is 0.444. The highest BCUT2D eigenvalue weighted by Gasteiger charge is 2.35. The Kier molecular flexibility index (Phi) is 3.36. The topological polar surface area (TPSA) is 44.8 Å². The fourth-order valence-electron chi connectivity index (χ4n) is 1.27. The van der Waals surface area contributed by atoms with Gasteiger partial charge in [-0.05, 0) is 12.1 Å². The summed E-state index contributed by atoms with van der Waals surface area (Å²) < 4.78 is 49.0. The Bertz CT molecular complexity index is 409. The molecule has 1 saturated heterocycles. The van der Waals surface area contributed by atoms with Crippen LogP contribution in [0.3, 0.4) is 0 Å². The predicted octanol–water partition coefficient (Wildman–Crippen LogP) is 2.47. The average Bonchev–Trinajstić information content (AvgIpc) is 2.86. The zero-order chi connectivity index (χ0) is 12.5. The van der Waals surface area contributed by atoms with E-state index >= 15 is 0 Å². The lowest BCUT2D eigenvalue weighted by Crippen LogP contribution is -2.18. The number of hydrogen-bond donors (Lipinski definition) is 0. The summed E-state index contributed by atoms with van der Waals surface area (Å²) in [5.74, 6) is -1.42. The van der Waals surface area contributed by atoms with Crippen LogP contribution in [0.1, 0.15) is 20.8 Å². The van der Waals surface area contributed by atoms with E-state index in [0.29, 0.717) is 18.1 Å². The van der Waals surface area contributed by atoms with E-state index in [1.54, 1.807) is 0 Å². The number of esters is 1. The van der Waals surface area contributed by atoms with E-state index in [0.717, 1.165) is 11.3 Å². The number of rotatable bonds is 2. The van der Waals surface area contributed by atoms with E-state index in [2.05, 4.69) is 4.74 Å². The molecule has 94 valence electrons. The molecule has 0 saturated carbocycles. The zero-order valence-electron chi connectivity index (χ0n) is 8.32. The Labute approximate surface area is 97.9 Å². The molecule has 0 aliphatic carbocycles. The Morgan fingerprint density at radius 3 is 2.59 bits per heavy atom. The highest BCUT2D eigenvalue weighted by molar-refractivity contribution is 7.14. The summed E-state index contributed by atoms with van der Waals surface area (Å²) in [6.07, 6.45) is -5.57. The summed E-state index contributed by atoms with van der Waals surface area (Å²) in [5, 5.41) is 0. The lowest BCUT2D eigenvalue weighted by atomic mass is 10.4. The van der Waals surface area contributed by atoms with Crippen LogP contribution < -0.4 is 0 Å². The van der Waals surface area contributed by atoms with Gasteiger partial charge in [0.2, 0.25) is 0 Å². The molecule has 0 radical (unpaired) electrons. The maximum Gasteiger partial charge on any atom is 0.575 e. The SMILES string of the molecule is O=C(OC(F)(F)F)c1ccc(C2OCCO2)s1. The Hall–Kier alpha value is -1.12. The van der Waals surface area contributed by atoms with Crippen molar-refractivity contribution in [1.82, 2.24) is 0 Å². The number of ether oxygens (including phenoxy) is 3. The molecule has 17 heavy (non-hydrogen) atoms. The maximum absolute atomic E-state index is 11.8. The Balaban J connectivity index is 2.04. The molecule has 2 rings (SSSR count). The number of halogens is 3. The third-order valence-corrected chi connectivity index (χ3v) is 2.98. The maximum atomic E-state index is 11.8. The summed E-state index contributed by atoms with van der Waals surface area (Å²) in [7, 11) is 0. The number of hydrogen-bond acceptors (Lipinski definition) is 5. The lowest BCUT2D eigenvalue weighted by molar-refractivity contribution is -0.291. The van der Waals surface area contributed by atoms with Gasteiger partial charge in [-0.1, -0.05) is 0 Å². The summed E-state index contributed by atoms with van der Waals surface area (Å²) in [5.41, 5.74) is 0. The number of carbonyl (C=O) groups is 1. The molecule has 0 amide bonds. The molecule has 1 aromatic heterocycles. The summed E-state index contributed by atoms with van der Waals surface area (Å²) in [6.45, 7) is 0.843. The van der Waals surface area contributed by atoms with Crippen molar-refractivity contribution < 1.29 is 32.2 Å². The van der Waals surface area contributed by atoms with E-state index in [1.807, 2.05) is 0 Å². The molecule has 0 spiro atoms. The minimum absolute atomic E-state index is 0.142. The average molecular weight is 268 g/mol. The molecule has 2 heterocycles. The van der Waals surface area contributed by atoms with Crippen molar-refractivity contribution in [3.8, 4) is 0 Å². The van der Waals surface area contributed by atoms with Crippen LogP contribution in [0.5, 0.6) is 0 Å². The molecule has 0 bridgehead atoms. The van der Waals surface area contributed by atoms with E-state index in [1.165, 1.54) is 12.1 Å². The summed E-state index contributed by atoms with van der Waals surface area (Å²) >= 11 is 0.854. The van der Waals surface area contributed by atoms with Crippen molar-refractivity contribution in [1.29, 1.82) is 0 Å². The normalized spacial score (nSPS) is 17.4. The van der Waals surface area contributed by atoms with Gasteiger partial charge < -0.3 is 14.2 Å². The highest BCUT2D eigenvalue weighted by atomic mass is 32.1. The van der Waals surface area contributed by atoms with Gasteiger partial charge >= 0.3 is 12.3 Å². The number of carbonyl (C=O) groups excluding carboxylic acids is 1. The molecule has 8 heteroatoms. The third-order valence-electron chi connectivity index (χ3n) is 1.89. The van der Waals surface area contributed by atoms with Crippen LogP contribution in [0, 0.1) is 0 Å². The van der Waals surface area contributed by atoms with Gasteiger partial charge in [-0.3, -0.25) is 0 Å². The van der Waals surface area contributed by atoms with E-state index in [4.69, 9.17) is 9.47 Å². The first-order valence-corrected chi connectivity index (χ1v) is 5.40. The molecule has 1 aliphatic heterocycles. The quantitative estimate of drug-likeness (QED) is 0.773. The molecule has 0 unspecified atom stereocenters. The van der Waals surface area contributed by atoms with E-state index in [-0.39, 0.29) is 4.88 Å². The molecule has 1 aliphatic rings. The largest absolute Gasteiger partial charge is 0.575 e. The van der Waals surface area contributed by atoms with Crippen LogP contribution >= 0.6 is 11.3 Å². The predicted molar refractivity (Wildman–Crippen MR) is 50.4 cm³/mol. The first-order chi connectivity index (χ1) is 7.96. The molecule has 0 N–H and O–H groups in total. The summed E-state index contributed by atoms with van der Waals surface area (Å²) in [4.78, 5) is 11.5. The monoisotopic (exact) mass is 268 g/mol. The molecule has 4 nitrogen and oxygen atoms in total. The van der Waals surface area contributed by atoms with Crippen molar-refractivity contribution in [2.75, 3.05) is 13.2 Å². The Morgan fingerprint density at radius 1 is 1.35 bits per heavy atom. The molecule has 1 aromatic rings. The lowest BCUT2D eigenvalue weighted by Gasteiger charge is -2.06. The molecular weight excluding hydrogens is 261 g/mol. The fourth-order valence-corrected chi connectivity index (χ4v) is 2.15. The van der Waals surface area contributed by atoms with Crippen LogP contribution in [0.25, 0.3) is 0 Å². The van der Waals surface area contributed by atoms with Crippen molar-refractivity contribution in [3.05, 3.63) is 21.9 Å². The first-order valence-electron chi connectivity index (χ1n) is 4.59. The molecule has 0 atom stereocenters. The van der Waals surface area contributed by atoms with Crippen LogP contribution in [0.4, 0.5) is 13.2 Å². The van der Waals surface area contributed by atoms with Gasteiger partial charge in [-0.15, -0.1) is 24.5 Å². The van der Waals surface area contributed by atoms with E-state index in [9.17, 15) is 18.0 Å². The minimum atomic E-state index is -4.97. The van der Waals surface area contributed by atoms with Gasteiger partial charge in [0, 0.05) is 0 Å². The van der Waals surface area contributed by atoms with Crippen molar-refractivity contribution in [2.45, 2.75) is 12.7 Å². The molecular formula is C9H7F3O4S. The second kappa shape index (κ2) is 4.63. The van der Waals surface area contributed by atoms with Gasteiger partial charge in [-0.2, -0.15) is 0 Å². The van der Waals surface area contributed by atoms with Gasteiger partial charge in [-0.25, -0.2) is 4.79 Å². The molecule has 0 aromatic carbocycles. The standard InChI is InChI=1S/C9H7F3O4S/c10-9(11,12)16-7(13)5-1-2-6(17-5)8-14-3-4-15-8/h1-2,8H,3-4H2. The van der Waals surface area contributed by atoms with Crippen LogP contribution in [-0.4, -0.2) is 25.5 Å². The van der Waals surface area contributed by atoms with Crippen molar-refractivity contribution >= 4 is 17.3 Å². The summed E-state index contributed by atoms with van der Waals surface area (Å²) in [6, 6.07) is 2.73. The van der Waals surface area contributed by atoms with E-state index < -0.39 is 18.6 Å². The molecule has 1 fully saturated rings. The van der Waals surface area contributed by atoms with Crippen LogP contribution in [0.2, 0.25) is 0 Å². The van der Waals surface area contributed by atoms with Crippen molar-refractivity contribution in [3.63, 3.8) is 0 Å². The number of alkyl halides is 3. The second-order valence-electron chi connectivity index (χ2n) is 3.11. The second-order valence-corrected chi connectivity index (χ2v) is 4.23. The Morgan fingerprint density at radius 2 is 2.00 bits per heavy atom. The first kappa shape index (κ1) is 12.3. The van der Waals surface area contributed by atoms with Gasteiger partial charge in [0.05, 0.1) is 18.1 Å². The zero-order valence-corrected chi connectivity index (χ0v) is 9.14. The van der Waals surface area contributed by atoms with Gasteiger partial charge in [0.1, 0.15) is 4.88 Å².